The van der Waals surface area contributed by atoms with Gasteiger partial charge < -0.3 is 15.4 Å². The van der Waals surface area contributed by atoms with Crippen LogP contribution in [-0.4, -0.2) is 40.8 Å². The molecule has 2 aromatic heterocycles. The van der Waals surface area contributed by atoms with Gasteiger partial charge in [-0.15, -0.1) is 11.3 Å². The van der Waals surface area contributed by atoms with Crippen molar-refractivity contribution >= 4 is 40.5 Å². The lowest BCUT2D eigenvalue weighted by Crippen LogP contribution is -2.36. The summed E-state index contributed by atoms with van der Waals surface area (Å²) in [5.41, 5.74) is 7.21. The van der Waals surface area contributed by atoms with Crippen LogP contribution in [0.3, 0.4) is 0 Å². The smallest absolute Gasteiger partial charge is 0.358 e. The number of benzene rings is 1. The average molecular weight is 430 g/mol. The molecule has 0 aliphatic heterocycles. The van der Waals surface area contributed by atoms with Crippen molar-refractivity contribution < 1.29 is 19.1 Å². The summed E-state index contributed by atoms with van der Waals surface area (Å²) >= 11 is 2.88. The molecule has 9 heteroatoms. The van der Waals surface area contributed by atoms with E-state index in [1.54, 1.807) is 16.7 Å². The molecule has 2 amide bonds. The third-order valence-corrected chi connectivity index (χ3v) is 5.58. The van der Waals surface area contributed by atoms with E-state index in [-0.39, 0.29) is 18.7 Å². The Labute approximate surface area is 175 Å². The Morgan fingerprint density at radius 2 is 1.90 bits per heavy atom. The van der Waals surface area contributed by atoms with E-state index in [2.05, 4.69) is 4.98 Å². The highest BCUT2D eigenvalue weighted by molar-refractivity contribution is 7.14. The van der Waals surface area contributed by atoms with Crippen molar-refractivity contribution in [2.24, 2.45) is 5.73 Å². The highest BCUT2D eigenvalue weighted by Crippen LogP contribution is 2.25. The quantitative estimate of drug-likeness (QED) is 0.527. The fourth-order valence-corrected chi connectivity index (χ4v) is 4.02. The van der Waals surface area contributed by atoms with Gasteiger partial charge in [0.2, 0.25) is 5.91 Å². The maximum Gasteiger partial charge on any atom is 0.358 e. The number of thiophene rings is 1. The third-order valence-electron chi connectivity index (χ3n) is 4.01. The van der Waals surface area contributed by atoms with Gasteiger partial charge in [-0.05, 0) is 17.0 Å². The fraction of sp³-hybridized carbons (Fsp3) is 0.200. The minimum absolute atomic E-state index is 0.0304. The second-order valence-electron chi connectivity index (χ2n) is 6.14. The normalized spacial score (nSPS) is 10.5. The first-order chi connectivity index (χ1) is 14.0. The molecule has 29 heavy (non-hydrogen) atoms. The lowest BCUT2D eigenvalue weighted by Gasteiger charge is -2.22. The van der Waals surface area contributed by atoms with Crippen LogP contribution in [0.5, 0.6) is 0 Å². The monoisotopic (exact) mass is 429 g/mol. The van der Waals surface area contributed by atoms with Crippen LogP contribution in [0.4, 0.5) is 0 Å². The van der Waals surface area contributed by atoms with E-state index in [4.69, 9.17) is 10.5 Å². The summed E-state index contributed by atoms with van der Waals surface area (Å²) in [6, 6.07) is 11.3. The van der Waals surface area contributed by atoms with Crippen LogP contribution >= 0.6 is 22.7 Å². The molecule has 3 rings (SSSR count). The predicted octanol–water partition coefficient (Wildman–Crippen LogP) is 2.93. The van der Waals surface area contributed by atoms with Crippen molar-refractivity contribution in [3.05, 3.63) is 63.8 Å². The van der Waals surface area contributed by atoms with Gasteiger partial charge in [-0.3, -0.25) is 9.59 Å². The number of nitrogens with two attached hydrogens (primary N) is 1. The van der Waals surface area contributed by atoms with Gasteiger partial charge in [0.15, 0.2) is 12.3 Å². The first-order valence-electron chi connectivity index (χ1n) is 8.78. The first kappa shape index (κ1) is 20.7. The van der Waals surface area contributed by atoms with Crippen LogP contribution in [0.25, 0.3) is 10.6 Å². The van der Waals surface area contributed by atoms with Gasteiger partial charge in [0.25, 0.3) is 5.91 Å². The molecular formula is C20H19N3O4S2. The Morgan fingerprint density at radius 3 is 2.59 bits per heavy atom. The number of hydrogen-bond donors (Lipinski definition) is 1. The van der Waals surface area contributed by atoms with Gasteiger partial charge in [-0.25, -0.2) is 9.78 Å². The largest absolute Gasteiger partial charge is 0.451 e. The summed E-state index contributed by atoms with van der Waals surface area (Å²) < 4.78 is 5.15. The van der Waals surface area contributed by atoms with Gasteiger partial charge in [0.05, 0.1) is 0 Å². The highest BCUT2D eigenvalue weighted by atomic mass is 32.1. The zero-order chi connectivity index (χ0) is 20.6. The molecule has 150 valence electrons. The Balaban J connectivity index is 1.59. The number of thiazole rings is 1. The minimum Gasteiger partial charge on any atom is -0.451 e. The molecule has 2 N–H and O–H groups in total. The van der Waals surface area contributed by atoms with Gasteiger partial charge in [-0.2, -0.15) is 11.3 Å². The van der Waals surface area contributed by atoms with Crippen LogP contribution < -0.4 is 5.73 Å². The molecule has 0 saturated heterocycles. The molecule has 0 unspecified atom stereocenters. The minimum atomic E-state index is -0.661. The lowest BCUT2D eigenvalue weighted by molar-refractivity contribution is -0.135. The van der Waals surface area contributed by atoms with Gasteiger partial charge >= 0.3 is 5.97 Å². The number of carbonyl (C=O) groups excluding carboxylic acids is 3. The van der Waals surface area contributed by atoms with E-state index in [9.17, 15) is 14.4 Å². The predicted molar refractivity (Wildman–Crippen MR) is 111 cm³/mol. The number of amides is 2. The molecule has 0 fully saturated rings. The zero-order valence-corrected chi connectivity index (χ0v) is 17.1. The summed E-state index contributed by atoms with van der Waals surface area (Å²) in [6.07, 6.45) is 0.0304. The summed E-state index contributed by atoms with van der Waals surface area (Å²) in [5, 5.41) is 6.20. The van der Waals surface area contributed by atoms with Gasteiger partial charge in [0.1, 0.15) is 5.01 Å². The second-order valence-corrected chi connectivity index (χ2v) is 7.78. The van der Waals surface area contributed by atoms with Crippen LogP contribution in [0.2, 0.25) is 0 Å². The Kier molecular flexibility index (Phi) is 7.09. The topological polar surface area (TPSA) is 103 Å². The lowest BCUT2D eigenvalue weighted by atomic mass is 10.2. The van der Waals surface area contributed by atoms with Gasteiger partial charge in [0, 0.05) is 35.8 Å². The van der Waals surface area contributed by atoms with Crippen LogP contribution in [0.15, 0.2) is 52.5 Å². The molecule has 0 spiro atoms. The van der Waals surface area contributed by atoms with Crippen molar-refractivity contribution in [2.45, 2.75) is 13.0 Å². The maximum atomic E-state index is 12.6. The molecule has 0 radical (unpaired) electrons. The van der Waals surface area contributed by atoms with Gasteiger partial charge in [-0.1, -0.05) is 30.3 Å². The maximum absolute atomic E-state index is 12.6. The first-order valence-corrected chi connectivity index (χ1v) is 10.6. The molecule has 2 heterocycles. The summed E-state index contributed by atoms with van der Waals surface area (Å²) in [5.74, 6) is -1.57. The van der Waals surface area contributed by atoms with E-state index in [1.807, 2.05) is 47.2 Å². The highest BCUT2D eigenvalue weighted by Gasteiger charge is 2.19. The molecular weight excluding hydrogens is 410 g/mol. The summed E-state index contributed by atoms with van der Waals surface area (Å²) in [4.78, 5) is 41.7. The fourth-order valence-electron chi connectivity index (χ4n) is 2.52. The number of esters is 1. The number of ether oxygens (including phenoxy) is 1. The van der Waals surface area contributed by atoms with Crippen molar-refractivity contribution in [2.75, 3.05) is 13.2 Å². The number of nitrogens with zero attached hydrogens (tertiary/aromatic N) is 2. The van der Waals surface area contributed by atoms with Crippen molar-refractivity contribution in [3.63, 3.8) is 0 Å². The summed E-state index contributed by atoms with van der Waals surface area (Å²) in [6.45, 7) is 0.0128. The average Bonchev–Trinajstić information content (AvgIpc) is 3.41. The SMILES string of the molecule is NC(=O)CCN(Cc1ccccc1)C(=O)COC(=O)c1csc(-c2ccsc2)n1. The Morgan fingerprint density at radius 1 is 1.10 bits per heavy atom. The van der Waals surface area contributed by atoms with E-state index in [0.717, 1.165) is 16.1 Å². The molecule has 7 nitrogen and oxygen atoms in total. The number of aromatic nitrogens is 1. The van der Waals surface area contributed by atoms with Crippen LogP contribution in [0.1, 0.15) is 22.5 Å². The van der Waals surface area contributed by atoms with Crippen molar-refractivity contribution in [1.29, 1.82) is 0 Å². The number of primary amides is 1. The standard InChI is InChI=1S/C20H19N3O4S2/c21-17(24)6-8-23(10-14-4-2-1-3-5-14)18(25)11-27-20(26)16-13-29-19(22-16)15-7-9-28-12-15/h1-5,7,9,12-13H,6,8,10-11H2,(H2,21,24). The summed E-state index contributed by atoms with van der Waals surface area (Å²) in [7, 11) is 0. The zero-order valence-electron chi connectivity index (χ0n) is 15.4. The van der Waals surface area contributed by atoms with E-state index in [1.165, 1.54) is 16.2 Å². The molecule has 0 bridgehead atoms. The van der Waals surface area contributed by atoms with Crippen LogP contribution in [-0.2, 0) is 20.9 Å². The molecule has 1 aromatic carbocycles. The number of rotatable bonds is 9. The molecule has 0 aliphatic rings. The second kappa shape index (κ2) is 9.94. The number of hydrogen-bond acceptors (Lipinski definition) is 7. The van der Waals surface area contributed by atoms with Crippen molar-refractivity contribution in [1.82, 2.24) is 9.88 Å². The van der Waals surface area contributed by atoms with E-state index >= 15 is 0 Å². The number of carbonyl (C=O) groups is 3. The van der Waals surface area contributed by atoms with Crippen molar-refractivity contribution in [3.8, 4) is 10.6 Å². The molecule has 0 aliphatic carbocycles. The van der Waals surface area contributed by atoms with E-state index < -0.39 is 24.4 Å². The van der Waals surface area contributed by atoms with E-state index in [0.29, 0.717) is 6.54 Å². The molecule has 0 saturated carbocycles. The third kappa shape index (κ3) is 5.97. The van der Waals surface area contributed by atoms with Crippen LogP contribution in [0, 0.1) is 0 Å². The molecule has 3 aromatic rings. The Hall–Kier alpha value is -3.04. The molecule has 0 atom stereocenters. The Bertz CT molecular complexity index is 971.